The minimum atomic E-state index is -0.00950. The number of amides is 1. The van der Waals surface area contributed by atoms with Crippen molar-refractivity contribution in [2.45, 2.75) is 25.8 Å². The fraction of sp³-hybridized carbons (Fsp3) is 0.273. The first-order valence-electron chi connectivity index (χ1n) is 9.41. The molecule has 0 radical (unpaired) electrons. The van der Waals surface area contributed by atoms with Crippen molar-refractivity contribution in [3.05, 3.63) is 72.3 Å². The molecule has 1 aliphatic heterocycles. The molecule has 3 aromatic rings. The second-order valence-corrected chi connectivity index (χ2v) is 6.90. The average molecular weight is 371 g/mol. The number of aromatic nitrogens is 4. The fourth-order valence-electron chi connectivity index (χ4n) is 3.44. The molecule has 6 heteroatoms. The lowest BCUT2D eigenvalue weighted by molar-refractivity contribution is 0.0598. The topological polar surface area (TPSA) is 63.9 Å². The number of hydrogen-bond acceptors (Lipinski definition) is 4. The Morgan fingerprint density at radius 3 is 2.61 bits per heavy atom. The highest BCUT2D eigenvalue weighted by Gasteiger charge is 2.30. The van der Waals surface area contributed by atoms with Crippen LogP contribution in [0.25, 0.3) is 5.69 Å². The lowest BCUT2D eigenvalue weighted by Crippen LogP contribution is -2.45. The summed E-state index contributed by atoms with van der Waals surface area (Å²) in [6.45, 7) is 2.70. The first kappa shape index (κ1) is 17.9. The third-order valence-electron chi connectivity index (χ3n) is 4.98. The van der Waals surface area contributed by atoms with E-state index in [1.165, 1.54) is 4.80 Å². The highest BCUT2D eigenvalue weighted by molar-refractivity contribution is 5.98. The van der Waals surface area contributed by atoms with Gasteiger partial charge in [-0.3, -0.25) is 4.79 Å². The molecule has 0 unspecified atom stereocenters. The molecule has 1 aromatic carbocycles. The normalized spacial score (nSPS) is 19.0. The van der Waals surface area contributed by atoms with Crippen molar-refractivity contribution in [3.63, 3.8) is 0 Å². The Hall–Kier alpha value is -3.46. The van der Waals surface area contributed by atoms with E-state index in [0.29, 0.717) is 17.8 Å². The summed E-state index contributed by atoms with van der Waals surface area (Å²) in [6.07, 6.45) is 6.85. The van der Waals surface area contributed by atoms with Crippen molar-refractivity contribution in [1.82, 2.24) is 24.9 Å². The molecule has 1 aliphatic rings. The molecule has 6 nitrogen and oxygen atoms in total. The van der Waals surface area contributed by atoms with Gasteiger partial charge in [0.2, 0.25) is 0 Å². The number of carbonyl (C=O) groups excluding carboxylic acids is 1. The van der Waals surface area contributed by atoms with Gasteiger partial charge in [0.1, 0.15) is 5.69 Å². The molecule has 0 saturated carbocycles. The van der Waals surface area contributed by atoms with Crippen molar-refractivity contribution < 1.29 is 4.79 Å². The minimum absolute atomic E-state index is 0.00950. The Bertz CT molecular complexity index is 1000. The third-order valence-corrected chi connectivity index (χ3v) is 4.98. The van der Waals surface area contributed by atoms with E-state index >= 15 is 0 Å². The van der Waals surface area contributed by atoms with Gasteiger partial charge in [-0.25, -0.2) is 4.98 Å². The number of carbonyl (C=O) groups is 1. The van der Waals surface area contributed by atoms with Crippen molar-refractivity contribution in [3.8, 4) is 17.5 Å². The van der Waals surface area contributed by atoms with Gasteiger partial charge < -0.3 is 4.90 Å². The van der Waals surface area contributed by atoms with Gasteiger partial charge in [0, 0.05) is 24.7 Å². The van der Waals surface area contributed by atoms with Crippen molar-refractivity contribution in [2.75, 3.05) is 6.54 Å². The van der Waals surface area contributed by atoms with Gasteiger partial charge in [0.15, 0.2) is 0 Å². The number of nitrogens with zero attached hydrogens (tertiary/aromatic N) is 5. The van der Waals surface area contributed by atoms with E-state index in [1.54, 1.807) is 18.6 Å². The predicted octanol–water partition coefficient (Wildman–Crippen LogP) is 2.95. The van der Waals surface area contributed by atoms with E-state index in [0.717, 1.165) is 18.5 Å². The van der Waals surface area contributed by atoms with Crippen LogP contribution in [0.4, 0.5) is 0 Å². The van der Waals surface area contributed by atoms with Gasteiger partial charge in [0.25, 0.3) is 5.91 Å². The fourth-order valence-corrected chi connectivity index (χ4v) is 3.44. The molecule has 2 atom stereocenters. The van der Waals surface area contributed by atoms with Crippen LogP contribution in [0.15, 0.2) is 61.1 Å². The summed E-state index contributed by atoms with van der Waals surface area (Å²) in [5, 5.41) is 8.35. The summed E-state index contributed by atoms with van der Waals surface area (Å²) in [4.78, 5) is 21.0. The first-order valence-corrected chi connectivity index (χ1v) is 9.41. The SMILES string of the molecule is C[C@@H]1CC[C@H](C#Cc2ccccn2)CN1C(=O)c1ccccc1-n1nccn1. The van der Waals surface area contributed by atoms with Crippen LogP contribution < -0.4 is 0 Å². The van der Waals surface area contributed by atoms with Crippen LogP contribution in [0.3, 0.4) is 0 Å². The maximum Gasteiger partial charge on any atom is 0.256 e. The largest absolute Gasteiger partial charge is 0.335 e. The molecule has 0 N–H and O–H groups in total. The summed E-state index contributed by atoms with van der Waals surface area (Å²) in [5.41, 5.74) is 2.05. The number of para-hydroxylation sites is 1. The summed E-state index contributed by atoms with van der Waals surface area (Å²) >= 11 is 0. The van der Waals surface area contributed by atoms with E-state index in [9.17, 15) is 4.79 Å². The molecule has 28 heavy (non-hydrogen) atoms. The molecule has 0 aliphatic carbocycles. The third kappa shape index (κ3) is 3.79. The Balaban J connectivity index is 1.57. The molecular formula is C22H21N5O. The number of rotatable bonds is 2. The Morgan fingerprint density at radius 1 is 1.04 bits per heavy atom. The molecule has 0 spiro atoms. The Labute approximate surface area is 164 Å². The second kappa shape index (κ2) is 8.05. The van der Waals surface area contributed by atoms with Crippen LogP contribution in [-0.2, 0) is 0 Å². The number of pyridine rings is 1. The predicted molar refractivity (Wildman–Crippen MR) is 106 cm³/mol. The number of hydrogen-bond donors (Lipinski definition) is 0. The highest BCUT2D eigenvalue weighted by atomic mass is 16.2. The van der Waals surface area contributed by atoms with Gasteiger partial charge >= 0.3 is 0 Å². The summed E-state index contributed by atoms with van der Waals surface area (Å²) < 4.78 is 0. The van der Waals surface area contributed by atoms with Crippen LogP contribution in [0, 0.1) is 17.8 Å². The standard InChI is InChI=1S/C22H21N5O/c1-17-9-10-18(11-12-19-6-4-5-13-23-19)16-26(17)22(28)20-7-2-3-8-21(20)27-24-14-15-25-27/h2-8,13-15,17-18H,9-10,16H2,1H3/t17-,18-/m1/s1. The highest BCUT2D eigenvalue weighted by Crippen LogP contribution is 2.25. The maximum absolute atomic E-state index is 13.3. The van der Waals surface area contributed by atoms with Crippen molar-refractivity contribution >= 4 is 5.91 Å². The molecule has 1 saturated heterocycles. The summed E-state index contributed by atoms with van der Waals surface area (Å²) in [7, 11) is 0. The van der Waals surface area contributed by atoms with Crippen LogP contribution in [0.2, 0.25) is 0 Å². The number of likely N-dealkylation sites (tertiary alicyclic amines) is 1. The van der Waals surface area contributed by atoms with E-state index in [4.69, 9.17) is 0 Å². The zero-order chi connectivity index (χ0) is 19.3. The van der Waals surface area contributed by atoms with Gasteiger partial charge in [0.05, 0.1) is 23.6 Å². The van der Waals surface area contributed by atoms with Gasteiger partial charge in [-0.05, 0) is 50.0 Å². The summed E-state index contributed by atoms with van der Waals surface area (Å²) in [6, 6.07) is 13.3. The molecule has 4 rings (SSSR count). The van der Waals surface area contributed by atoms with E-state index in [1.807, 2.05) is 47.4 Å². The molecule has 0 bridgehead atoms. The van der Waals surface area contributed by atoms with Gasteiger partial charge in [-0.15, -0.1) is 0 Å². The number of piperidine rings is 1. The molecule has 140 valence electrons. The van der Waals surface area contributed by atoms with E-state index in [2.05, 4.69) is 33.9 Å². The van der Waals surface area contributed by atoms with Gasteiger partial charge in [-0.2, -0.15) is 15.0 Å². The first-order chi connectivity index (χ1) is 13.7. The Morgan fingerprint density at radius 2 is 1.82 bits per heavy atom. The quantitative estimate of drug-likeness (QED) is 0.650. The van der Waals surface area contributed by atoms with Crippen molar-refractivity contribution in [1.29, 1.82) is 0 Å². The molecule has 1 amide bonds. The maximum atomic E-state index is 13.3. The number of benzene rings is 1. The smallest absolute Gasteiger partial charge is 0.256 e. The average Bonchev–Trinajstić information content (AvgIpc) is 3.28. The Kier molecular flexibility index (Phi) is 5.16. The lowest BCUT2D eigenvalue weighted by atomic mass is 9.93. The lowest BCUT2D eigenvalue weighted by Gasteiger charge is -2.36. The van der Waals surface area contributed by atoms with Crippen LogP contribution in [0.5, 0.6) is 0 Å². The van der Waals surface area contributed by atoms with E-state index in [-0.39, 0.29) is 17.9 Å². The monoisotopic (exact) mass is 371 g/mol. The second-order valence-electron chi connectivity index (χ2n) is 6.90. The van der Waals surface area contributed by atoms with Crippen LogP contribution in [0.1, 0.15) is 35.8 Å². The van der Waals surface area contributed by atoms with E-state index < -0.39 is 0 Å². The molecule has 2 aromatic heterocycles. The zero-order valence-corrected chi connectivity index (χ0v) is 15.7. The van der Waals surface area contributed by atoms with Crippen LogP contribution in [-0.4, -0.2) is 43.4 Å². The molecule has 1 fully saturated rings. The molecule has 3 heterocycles. The molecular weight excluding hydrogens is 350 g/mol. The minimum Gasteiger partial charge on any atom is -0.335 e. The summed E-state index contributed by atoms with van der Waals surface area (Å²) in [5.74, 6) is 6.57. The van der Waals surface area contributed by atoms with Crippen LogP contribution >= 0.6 is 0 Å². The zero-order valence-electron chi connectivity index (χ0n) is 15.7. The van der Waals surface area contributed by atoms with Gasteiger partial charge in [-0.1, -0.05) is 24.1 Å². The van der Waals surface area contributed by atoms with Crippen molar-refractivity contribution in [2.24, 2.45) is 5.92 Å².